The Kier molecular flexibility index (Phi) is 4.70. The van der Waals surface area contributed by atoms with Gasteiger partial charge in [0.15, 0.2) is 0 Å². The Morgan fingerprint density at radius 3 is 2.78 bits per heavy atom. The second-order valence-corrected chi connectivity index (χ2v) is 7.15. The van der Waals surface area contributed by atoms with Crippen molar-refractivity contribution in [3.63, 3.8) is 0 Å². The standard InChI is InChI=1S/C22H22F2N2O/c1-15-5-8-21(27)16(12-15)14-26-11-3-10-25-9-2-4-20(25)22(26)18-13-17(23)6-7-19(18)24/h2,4-9,12-13,22,27H,3,10-11,14H2,1H3/t22-/m1/s1. The number of rotatable bonds is 3. The fourth-order valence-electron chi connectivity index (χ4n) is 3.95. The summed E-state index contributed by atoms with van der Waals surface area (Å²) < 4.78 is 30.7. The largest absolute Gasteiger partial charge is 0.508 e. The highest BCUT2D eigenvalue weighted by Crippen LogP contribution is 2.35. The second kappa shape index (κ2) is 7.16. The number of aromatic hydroxyl groups is 1. The van der Waals surface area contributed by atoms with E-state index in [1.807, 2.05) is 37.4 Å². The van der Waals surface area contributed by atoms with Crippen molar-refractivity contribution >= 4 is 0 Å². The van der Waals surface area contributed by atoms with Crippen LogP contribution in [0.2, 0.25) is 0 Å². The molecule has 0 amide bonds. The Morgan fingerprint density at radius 1 is 1.07 bits per heavy atom. The molecule has 1 N–H and O–H groups in total. The fraction of sp³-hybridized carbons (Fsp3) is 0.273. The van der Waals surface area contributed by atoms with Crippen molar-refractivity contribution in [3.05, 3.63) is 88.7 Å². The fourth-order valence-corrected chi connectivity index (χ4v) is 3.95. The number of halogens is 2. The first-order valence-corrected chi connectivity index (χ1v) is 9.15. The molecule has 1 aliphatic rings. The Morgan fingerprint density at radius 2 is 1.93 bits per heavy atom. The highest BCUT2D eigenvalue weighted by Gasteiger charge is 2.30. The molecule has 0 saturated heterocycles. The van der Waals surface area contributed by atoms with Crippen LogP contribution in [0.1, 0.15) is 34.8 Å². The van der Waals surface area contributed by atoms with Crippen LogP contribution in [0, 0.1) is 18.6 Å². The van der Waals surface area contributed by atoms with Gasteiger partial charge in [-0.2, -0.15) is 0 Å². The summed E-state index contributed by atoms with van der Waals surface area (Å²) in [7, 11) is 0. The number of hydrogen-bond donors (Lipinski definition) is 1. The molecule has 1 aromatic heterocycles. The minimum Gasteiger partial charge on any atom is -0.508 e. The maximum absolute atomic E-state index is 14.7. The van der Waals surface area contributed by atoms with Crippen LogP contribution in [-0.2, 0) is 13.1 Å². The van der Waals surface area contributed by atoms with Crippen LogP contribution in [-0.4, -0.2) is 21.1 Å². The van der Waals surface area contributed by atoms with Gasteiger partial charge in [-0.15, -0.1) is 0 Å². The molecule has 1 aliphatic heterocycles. The predicted octanol–water partition coefficient (Wildman–Crippen LogP) is 4.78. The number of aryl methyl sites for hydroxylation is 2. The average molecular weight is 368 g/mol. The van der Waals surface area contributed by atoms with Gasteiger partial charge in [0, 0.05) is 42.7 Å². The molecule has 0 bridgehead atoms. The summed E-state index contributed by atoms with van der Waals surface area (Å²) in [5.41, 5.74) is 3.10. The van der Waals surface area contributed by atoms with E-state index in [-0.39, 0.29) is 5.75 Å². The van der Waals surface area contributed by atoms with Crippen molar-refractivity contribution in [1.29, 1.82) is 0 Å². The zero-order valence-electron chi connectivity index (χ0n) is 15.2. The maximum atomic E-state index is 14.7. The van der Waals surface area contributed by atoms with Crippen molar-refractivity contribution < 1.29 is 13.9 Å². The van der Waals surface area contributed by atoms with Crippen LogP contribution in [0.15, 0.2) is 54.7 Å². The molecule has 3 aromatic rings. The van der Waals surface area contributed by atoms with E-state index in [4.69, 9.17) is 0 Å². The molecule has 1 atom stereocenters. The Hall–Kier alpha value is -2.66. The molecular weight excluding hydrogens is 346 g/mol. The number of hydrogen-bond acceptors (Lipinski definition) is 2. The molecule has 0 unspecified atom stereocenters. The van der Waals surface area contributed by atoms with E-state index in [1.54, 1.807) is 6.07 Å². The van der Waals surface area contributed by atoms with Crippen molar-refractivity contribution in [2.45, 2.75) is 32.5 Å². The molecule has 4 rings (SSSR count). The summed E-state index contributed by atoms with van der Waals surface area (Å²) in [5.74, 6) is -0.652. The monoisotopic (exact) mass is 368 g/mol. The number of benzene rings is 2. The normalized spacial score (nSPS) is 17.5. The van der Waals surface area contributed by atoms with Crippen LogP contribution in [0.25, 0.3) is 0 Å². The first-order valence-electron chi connectivity index (χ1n) is 9.15. The van der Waals surface area contributed by atoms with Crippen molar-refractivity contribution in [3.8, 4) is 5.75 Å². The van der Waals surface area contributed by atoms with Gasteiger partial charge in [-0.1, -0.05) is 17.7 Å². The van der Waals surface area contributed by atoms with E-state index >= 15 is 0 Å². The molecule has 140 valence electrons. The average Bonchev–Trinajstić information content (AvgIpc) is 3.02. The third kappa shape index (κ3) is 3.47. The summed E-state index contributed by atoms with van der Waals surface area (Å²) >= 11 is 0. The topological polar surface area (TPSA) is 28.4 Å². The predicted molar refractivity (Wildman–Crippen MR) is 101 cm³/mol. The van der Waals surface area contributed by atoms with E-state index in [9.17, 15) is 13.9 Å². The van der Waals surface area contributed by atoms with Crippen molar-refractivity contribution in [1.82, 2.24) is 9.47 Å². The molecule has 3 nitrogen and oxygen atoms in total. The molecule has 0 saturated carbocycles. The molecule has 2 heterocycles. The minimum atomic E-state index is -0.452. The Bertz CT molecular complexity index is 967. The zero-order valence-corrected chi connectivity index (χ0v) is 15.2. The van der Waals surface area contributed by atoms with Gasteiger partial charge in [0.25, 0.3) is 0 Å². The second-order valence-electron chi connectivity index (χ2n) is 7.15. The van der Waals surface area contributed by atoms with E-state index in [2.05, 4.69) is 9.47 Å². The summed E-state index contributed by atoms with van der Waals surface area (Å²) in [6, 6.07) is 12.6. The lowest BCUT2D eigenvalue weighted by atomic mass is 9.99. The number of phenolic OH excluding ortho intramolecular Hbond substituents is 1. The van der Waals surface area contributed by atoms with Gasteiger partial charge in [0.2, 0.25) is 0 Å². The molecule has 0 spiro atoms. The van der Waals surface area contributed by atoms with Gasteiger partial charge in [-0.05, 0) is 49.7 Å². The van der Waals surface area contributed by atoms with Crippen LogP contribution < -0.4 is 0 Å². The van der Waals surface area contributed by atoms with Gasteiger partial charge in [0.05, 0.1) is 6.04 Å². The third-order valence-corrected chi connectivity index (χ3v) is 5.22. The summed E-state index contributed by atoms with van der Waals surface area (Å²) in [4.78, 5) is 2.12. The highest BCUT2D eigenvalue weighted by atomic mass is 19.1. The lowest BCUT2D eigenvalue weighted by molar-refractivity contribution is 0.213. The first kappa shape index (κ1) is 17.7. The molecule has 0 aliphatic carbocycles. The molecule has 5 heteroatoms. The van der Waals surface area contributed by atoms with Gasteiger partial charge in [-0.25, -0.2) is 8.78 Å². The molecule has 27 heavy (non-hydrogen) atoms. The third-order valence-electron chi connectivity index (χ3n) is 5.22. The lowest BCUT2D eigenvalue weighted by Gasteiger charge is -2.31. The minimum absolute atomic E-state index is 0.221. The number of aromatic nitrogens is 1. The summed E-state index contributed by atoms with van der Waals surface area (Å²) in [5, 5.41) is 10.3. The zero-order chi connectivity index (χ0) is 19.0. The van der Waals surface area contributed by atoms with E-state index < -0.39 is 17.7 Å². The Balaban J connectivity index is 1.81. The first-order chi connectivity index (χ1) is 13.0. The van der Waals surface area contributed by atoms with Gasteiger partial charge >= 0.3 is 0 Å². The van der Waals surface area contributed by atoms with Gasteiger partial charge in [-0.3, -0.25) is 4.90 Å². The number of fused-ring (bicyclic) bond motifs is 1. The van der Waals surface area contributed by atoms with Crippen molar-refractivity contribution in [2.24, 2.45) is 0 Å². The molecule has 0 fully saturated rings. The lowest BCUT2D eigenvalue weighted by Crippen LogP contribution is -2.30. The van der Waals surface area contributed by atoms with Crippen LogP contribution >= 0.6 is 0 Å². The molecule has 0 radical (unpaired) electrons. The highest BCUT2D eigenvalue weighted by molar-refractivity contribution is 5.37. The summed E-state index contributed by atoms with van der Waals surface area (Å²) in [6.07, 6.45) is 2.87. The molecule has 2 aromatic carbocycles. The summed E-state index contributed by atoms with van der Waals surface area (Å²) in [6.45, 7) is 3.97. The smallest absolute Gasteiger partial charge is 0.128 e. The van der Waals surface area contributed by atoms with E-state index in [1.165, 1.54) is 12.1 Å². The van der Waals surface area contributed by atoms with Gasteiger partial charge in [0.1, 0.15) is 17.4 Å². The molecular formula is C22H22F2N2O. The van der Waals surface area contributed by atoms with E-state index in [0.717, 1.165) is 42.4 Å². The van der Waals surface area contributed by atoms with Crippen molar-refractivity contribution in [2.75, 3.05) is 6.54 Å². The number of phenols is 1. The van der Waals surface area contributed by atoms with E-state index in [0.29, 0.717) is 12.1 Å². The Labute approximate surface area is 157 Å². The van der Waals surface area contributed by atoms with Gasteiger partial charge < -0.3 is 9.67 Å². The number of nitrogens with zero attached hydrogens (tertiary/aromatic N) is 2. The van der Waals surface area contributed by atoms with Crippen LogP contribution in [0.4, 0.5) is 8.78 Å². The van der Waals surface area contributed by atoms with Crippen LogP contribution in [0.3, 0.4) is 0 Å². The van der Waals surface area contributed by atoms with Crippen LogP contribution in [0.5, 0.6) is 5.75 Å². The SMILES string of the molecule is Cc1ccc(O)c(CN2CCCn3cccc3[C@H]2c2cc(F)ccc2F)c1. The quantitative estimate of drug-likeness (QED) is 0.721. The maximum Gasteiger partial charge on any atom is 0.128 e.